The van der Waals surface area contributed by atoms with Crippen molar-refractivity contribution < 1.29 is 14.4 Å². The monoisotopic (exact) mass is 384 g/mol. The molecule has 0 radical (unpaired) electrons. The van der Waals surface area contributed by atoms with Crippen molar-refractivity contribution in [3.63, 3.8) is 0 Å². The van der Waals surface area contributed by atoms with Gasteiger partial charge in [-0.3, -0.25) is 14.4 Å². The molecule has 142 valence electrons. The summed E-state index contributed by atoms with van der Waals surface area (Å²) in [5, 5.41) is 7.59. The van der Waals surface area contributed by atoms with Crippen molar-refractivity contribution in [3.8, 4) is 0 Å². The molecule has 2 atom stereocenters. The van der Waals surface area contributed by atoms with E-state index >= 15 is 0 Å². The van der Waals surface area contributed by atoms with Crippen LogP contribution in [0.4, 0.5) is 0 Å². The molecule has 1 aliphatic rings. The highest BCUT2D eigenvalue weighted by Gasteiger charge is 2.43. The van der Waals surface area contributed by atoms with Gasteiger partial charge in [-0.05, 0) is 35.8 Å². The van der Waals surface area contributed by atoms with Gasteiger partial charge in [0.2, 0.25) is 11.8 Å². The number of Topliss-reactive ketones (excluding diaryl/α,β-unsaturated/α-hetero) is 1. The van der Waals surface area contributed by atoms with E-state index in [0.29, 0.717) is 30.3 Å². The summed E-state index contributed by atoms with van der Waals surface area (Å²) < 4.78 is 0. The van der Waals surface area contributed by atoms with Gasteiger partial charge in [0.15, 0.2) is 5.78 Å². The van der Waals surface area contributed by atoms with Crippen molar-refractivity contribution >= 4 is 28.9 Å². The number of nitrogens with one attached hydrogen (secondary N) is 2. The van der Waals surface area contributed by atoms with Crippen LogP contribution in [0.5, 0.6) is 0 Å². The minimum atomic E-state index is -0.127. The number of amides is 2. The lowest BCUT2D eigenvalue weighted by molar-refractivity contribution is -0.122. The predicted molar refractivity (Wildman–Crippen MR) is 106 cm³/mol. The Labute approximate surface area is 163 Å². The number of thiophene rings is 1. The van der Waals surface area contributed by atoms with Crippen molar-refractivity contribution in [1.82, 2.24) is 10.6 Å². The van der Waals surface area contributed by atoms with Crippen LogP contribution in [0.1, 0.15) is 46.8 Å². The van der Waals surface area contributed by atoms with E-state index in [1.54, 1.807) is 6.07 Å². The minimum absolute atomic E-state index is 0.00446. The number of benzene rings is 1. The third-order valence-corrected chi connectivity index (χ3v) is 5.62. The standard InChI is InChI=1S/C21H24N2O3S/c24-18(19-8-4-13-27-19)9-10-20(25)22-11-5-12-23-21(26)17-14-16(17)15-6-2-1-3-7-15/h1-4,6-8,13,16-17H,5,9-12,14H2,(H,22,25)(H,23,26)/t16-,17+/m0/s1. The molecule has 1 aromatic heterocycles. The van der Waals surface area contributed by atoms with Crippen molar-refractivity contribution in [3.05, 3.63) is 58.3 Å². The van der Waals surface area contributed by atoms with Crippen LogP contribution in [0.25, 0.3) is 0 Å². The minimum Gasteiger partial charge on any atom is -0.356 e. The number of ketones is 1. The number of carbonyl (C=O) groups excluding carboxylic acids is 3. The zero-order valence-corrected chi connectivity index (χ0v) is 16.0. The highest BCUT2D eigenvalue weighted by atomic mass is 32.1. The average molecular weight is 385 g/mol. The van der Waals surface area contributed by atoms with E-state index < -0.39 is 0 Å². The molecule has 0 spiro atoms. The fraction of sp³-hybridized carbons (Fsp3) is 0.381. The van der Waals surface area contributed by atoms with Gasteiger partial charge in [-0.2, -0.15) is 0 Å². The third kappa shape index (κ3) is 5.76. The lowest BCUT2D eigenvalue weighted by Crippen LogP contribution is -2.30. The van der Waals surface area contributed by atoms with Crippen molar-refractivity contribution in [1.29, 1.82) is 0 Å². The molecule has 2 amide bonds. The Kier molecular flexibility index (Phi) is 6.76. The van der Waals surface area contributed by atoms with Crippen LogP contribution < -0.4 is 10.6 Å². The molecule has 0 aliphatic heterocycles. The molecule has 1 fully saturated rings. The van der Waals surface area contributed by atoms with Crippen molar-refractivity contribution in [2.75, 3.05) is 13.1 Å². The molecule has 2 aromatic rings. The summed E-state index contributed by atoms with van der Waals surface area (Å²) in [6, 6.07) is 13.7. The Balaban J connectivity index is 1.24. The van der Waals surface area contributed by atoms with Crippen LogP contribution >= 0.6 is 11.3 Å². The maximum Gasteiger partial charge on any atom is 0.223 e. The summed E-state index contributed by atoms with van der Waals surface area (Å²) in [6.07, 6.45) is 2.01. The molecule has 0 unspecified atom stereocenters. The van der Waals surface area contributed by atoms with Crippen LogP contribution in [-0.2, 0) is 9.59 Å². The molecule has 2 N–H and O–H groups in total. The van der Waals surface area contributed by atoms with E-state index in [-0.39, 0.29) is 36.4 Å². The van der Waals surface area contributed by atoms with Crippen molar-refractivity contribution in [2.24, 2.45) is 5.92 Å². The zero-order valence-electron chi connectivity index (χ0n) is 15.1. The first-order chi connectivity index (χ1) is 13.1. The lowest BCUT2D eigenvalue weighted by Gasteiger charge is -2.07. The van der Waals surface area contributed by atoms with Crippen LogP contribution in [0.2, 0.25) is 0 Å². The number of rotatable bonds is 10. The Hall–Kier alpha value is -2.47. The second-order valence-electron chi connectivity index (χ2n) is 6.75. The van der Waals surface area contributed by atoms with E-state index in [4.69, 9.17) is 0 Å². The predicted octanol–water partition coefficient (Wildman–Crippen LogP) is 3.14. The maximum atomic E-state index is 12.1. The second-order valence-corrected chi connectivity index (χ2v) is 7.70. The number of hydrogen-bond acceptors (Lipinski definition) is 4. The largest absolute Gasteiger partial charge is 0.356 e. The number of hydrogen-bond donors (Lipinski definition) is 2. The lowest BCUT2D eigenvalue weighted by atomic mass is 10.1. The first kappa shape index (κ1) is 19.3. The molecule has 5 nitrogen and oxygen atoms in total. The van der Waals surface area contributed by atoms with Gasteiger partial charge >= 0.3 is 0 Å². The van der Waals surface area contributed by atoms with Crippen LogP contribution in [0, 0.1) is 5.92 Å². The fourth-order valence-corrected chi connectivity index (χ4v) is 3.78. The topological polar surface area (TPSA) is 75.3 Å². The molecule has 0 bridgehead atoms. The molecule has 6 heteroatoms. The maximum absolute atomic E-state index is 12.1. The fourth-order valence-electron chi connectivity index (χ4n) is 3.09. The highest BCUT2D eigenvalue weighted by molar-refractivity contribution is 7.12. The quantitative estimate of drug-likeness (QED) is 0.488. The molecular weight excluding hydrogens is 360 g/mol. The zero-order chi connectivity index (χ0) is 19.1. The Morgan fingerprint density at radius 2 is 1.74 bits per heavy atom. The summed E-state index contributed by atoms with van der Waals surface area (Å²) in [5.74, 6) is 0.385. The van der Waals surface area contributed by atoms with Crippen LogP contribution in [0.3, 0.4) is 0 Å². The SMILES string of the molecule is O=C(CCC(=O)c1cccs1)NCCCNC(=O)[C@@H]1C[C@H]1c1ccccc1. The van der Waals surface area contributed by atoms with E-state index in [2.05, 4.69) is 22.8 Å². The smallest absolute Gasteiger partial charge is 0.223 e. The summed E-state index contributed by atoms with van der Waals surface area (Å²) in [5.41, 5.74) is 1.22. The van der Waals surface area contributed by atoms with Gasteiger partial charge in [0.1, 0.15) is 0 Å². The molecular formula is C21H24N2O3S. The number of carbonyl (C=O) groups is 3. The Morgan fingerprint density at radius 3 is 2.48 bits per heavy atom. The van der Waals surface area contributed by atoms with Gasteiger partial charge in [-0.25, -0.2) is 0 Å². The van der Waals surface area contributed by atoms with Crippen LogP contribution in [-0.4, -0.2) is 30.7 Å². The van der Waals surface area contributed by atoms with E-state index in [0.717, 1.165) is 6.42 Å². The Bertz CT molecular complexity index is 774. The van der Waals surface area contributed by atoms with E-state index in [9.17, 15) is 14.4 Å². The van der Waals surface area contributed by atoms with Crippen molar-refractivity contribution in [2.45, 2.75) is 31.6 Å². The van der Waals surface area contributed by atoms with Gasteiger partial charge in [0, 0.05) is 31.8 Å². The first-order valence-electron chi connectivity index (χ1n) is 9.31. The average Bonchev–Trinajstić information content (AvgIpc) is 3.31. The summed E-state index contributed by atoms with van der Waals surface area (Å²) >= 11 is 1.39. The molecule has 1 saturated carbocycles. The summed E-state index contributed by atoms with van der Waals surface area (Å²) in [7, 11) is 0. The van der Waals surface area contributed by atoms with E-state index in [1.807, 2.05) is 29.6 Å². The molecule has 1 aromatic carbocycles. The summed E-state index contributed by atoms with van der Waals surface area (Å²) in [6.45, 7) is 1.05. The van der Waals surface area contributed by atoms with Gasteiger partial charge in [-0.15, -0.1) is 11.3 Å². The second kappa shape index (κ2) is 9.46. The highest BCUT2D eigenvalue weighted by Crippen LogP contribution is 2.47. The Morgan fingerprint density at radius 1 is 0.963 bits per heavy atom. The molecule has 3 rings (SSSR count). The molecule has 0 saturated heterocycles. The molecule has 27 heavy (non-hydrogen) atoms. The van der Waals surface area contributed by atoms with Gasteiger partial charge in [0.25, 0.3) is 0 Å². The van der Waals surface area contributed by atoms with Crippen LogP contribution in [0.15, 0.2) is 47.8 Å². The van der Waals surface area contributed by atoms with E-state index in [1.165, 1.54) is 16.9 Å². The van der Waals surface area contributed by atoms with Gasteiger partial charge in [-0.1, -0.05) is 36.4 Å². The molecule has 1 heterocycles. The summed E-state index contributed by atoms with van der Waals surface area (Å²) in [4.78, 5) is 36.5. The van der Waals surface area contributed by atoms with Gasteiger partial charge < -0.3 is 10.6 Å². The first-order valence-corrected chi connectivity index (χ1v) is 10.2. The third-order valence-electron chi connectivity index (χ3n) is 4.71. The molecule has 1 aliphatic carbocycles. The van der Waals surface area contributed by atoms with Gasteiger partial charge in [0.05, 0.1) is 4.88 Å². The normalized spacial score (nSPS) is 17.9.